The number of ether oxygens (including phenoxy) is 2. The summed E-state index contributed by atoms with van der Waals surface area (Å²) in [6.07, 6.45) is 2.47. The van der Waals surface area contributed by atoms with Gasteiger partial charge >= 0.3 is 6.03 Å². The average Bonchev–Trinajstić information content (AvgIpc) is 2.64. The van der Waals surface area contributed by atoms with Gasteiger partial charge in [-0.1, -0.05) is 0 Å². The predicted octanol–water partition coefficient (Wildman–Crippen LogP) is 2.87. The third-order valence-corrected chi connectivity index (χ3v) is 4.04. The van der Waals surface area contributed by atoms with Crippen molar-refractivity contribution in [1.82, 2.24) is 9.88 Å². The number of aliphatic hydroxyl groups is 1. The summed E-state index contributed by atoms with van der Waals surface area (Å²) in [5.74, 6) is 1.64. The number of pyridine rings is 1. The molecule has 2 aromatic rings. The van der Waals surface area contributed by atoms with E-state index < -0.39 is 0 Å². The van der Waals surface area contributed by atoms with Gasteiger partial charge < -0.3 is 24.8 Å². The molecule has 1 aliphatic heterocycles. The smallest absolute Gasteiger partial charge is 0.321 e. The Morgan fingerprint density at radius 1 is 1.20 bits per heavy atom. The Labute approximate surface area is 146 Å². The van der Waals surface area contributed by atoms with Crippen molar-refractivity contribution in [1.29, 1.82) is 0 Å². The molecule has 2 amide bonds. The molecule has 3 rings (SSSR count). The third kappa shape index (κ3) is 4.39. The first-order chi connectivity index (χ1) is 12.2. The molecule has 0 radical (unpaired) electrons. The molecule has 0 spiro atoms. The molecule has 7 heteroatoms. The summed E-state index contributed by atoms with van der Waals surface area (Å²) >= 11 is 0. The fourth-order valence-electron chi connectivity index (χ4n) is 2.59. The van der Waals surface area contributed by atoms with Crippen molar-refractivity contribution in [2.45, 2.75) is 18.9 Å². The Morgan fingerprint density at radius 3 is 2.56 bits per heavy atom. The van der Waals surface area contributed by atoms with Crippen LogP contribution in [0.1, 0.15) is 12.8 Å². The molecule has 0 saturated carbocycles. The number of piperidine rings is 1. The highest BCUT2D eigenvalue weighted by molar-refractivity contribution is 5.90. The van der Waals surface area contributed by atoms with E-state index >= 15 is 0 Å². The van der Waals surface area contributed by atoms with E-state index in [1.807, 2.05) is 0 Å². The van der Waals surface area contributed by atoms with Crippen molar-refractivity contribution in [2.24, 2.45) is 0 Å². The van der Waals surface area contributed by atoms with E-state index in [4.69, 9.17) is 9.47 Å². The van der Waals surface area contributed by atoms with E-state index in [2.05, 4.69) is 10.3 Å². The zero-order chi connectivity index (χ0) is 17.6. The van der Waals surface area contributed by atoms with Gasteiger partial charge in [-0.15, -0.1) is 0 Å². The van der Waals surface area contributed by atoms with Crippen LogP contribution < -0.4 is 14.8 Å². The number of likely N-dealkylation sites (tertiary alicyclic amines) is 1. The fraction of sp³-hybridized carbons (Fsp3) is 0.333. The number of aliphatic hydroxyl groups excluding tert-OH is 1. The van der Waals surface area contributed by atoms with Crippen molar-refractivity contribution in [3.05, 3.63) is 42.6 Å². The van der Waals surface area contributed by atoms with Gasteiger partial charge in [-0.25, -0.2) is 9.78 Å². The number of hydrogen-bond donors (Lipinski definition) is 2. The molecule has 2 heterocycles. The number of nitrogens with one attached hydrogen (secondary N) is 1. The van der Waals surface area contributed by atoms with Gasteiger partial charge in [0.1, 0.15) is 17.2 Å². The van der Waals surface area contributed by atoms with Crippen LogP contribution in [0, 0.1) is 0 Å². The van der Waals surface area contributed by atoms with Gasteiger partial charge in [0.15, 0.2) is 0 Å². The maximum Gasteiger partial charge on any atom is 0.321 e. The maximum atomic E-state index is 12.4. The second-order valence-corrected chi connectivity index (χ2v) is 5.78. The van der Waals surface area contributed by atoms with Gasteiger partial charge in [0.25, 0.3) is 0 Å². The lowest BCUT2D eigenvalue weighted by Crippen LogP contribution is -2.42. The average molecular weight is 343 g/mol. The minimum absolute atomic E-state index is 0.223. The largest absolute Gasteiger partial charge is 0.497 e. The minimum atomic E-state index is -0.323. The highest BCUT2D eigenvalue weighted by Crippen LogP contribution is 2.28. The number of methoxy groups -OCH3 is 1. The van der Waals surface area contributed by atoms with Crippen LogP contribution in [0.3, 0.4) is 0 Å². The Morgan fingerprint density at radius 2 is 1.88 bits per heavy atom. The number of nitrogens with zero attached hydrogens (tertiary/aromatic N) is 2. The highest BCUT2D eigenvalue weighted by atomic mass is 16.5. The van der Waals surface area contributed by atoms with Crippen LogP contribution in [-0.4, -0.2) is 47.3 Å². The number of anilines is 1. The highest BCUT2D eigenvalue weighted by Gasteiger charge is 2.22. The third-order valence-electron chi connectivity index (χ3n) is 4.04. The van der Waals surface area contributed by atoms with Crippen LogP contribution in [0.25, 0.3) is 0 Å². The SMILES string of the molecule is COc1ccc(Oc2ncccc2NC(=O)N2CCC(O)CC2)cc1. The zero-order valence-corrected chi connectivity index (χ0v) is 14.0. The molecule has 1 aliphatic rings. The second kappa shape index (κ2) is 7.85. The summed E-state index contributed by atoms with van der Waals surface area (Å²) < 4.78 is 10.9. The molecule has 1 aromatic carbocycles. The molecule has 0 bridgehead atoms. The van der Waals surface area contributed by atoms with E-state index in [0.717, 1.165) is 5.75 Å². The summed E-state index contributed by atoms with van der Waals surface area (Å²) in [7, 11) is 1.60. The molecule has 25 heavy (non-hydrogen) atoms. The summed E-state index contributed by atoms with van der Waals surface area (Å²) in [5, 5.41) is 12.4. The second-order valence-electron chi connectivity index (χ2n) is 5.78. The lowest BCUT2D eigenvalue weighted by atomic mass is 10.1. The maximum absolute atomic E-state index is 12.4. The molecule has 0 atom stereocenters. The van der Waals surface area contributed by atoms with Gasteiger partial charge in [-0.3, -0.25) is 0 Å². The van der Waals surface area contributed by atoms with Crippen molar-refractivity contribution in [3.63, 3.8) is 0 Å². The van der Waals surface area contributed by atoms with Crippen molar-refractivity contribution < 1.29 is 19.4 Å². The summed E-state index contributed by atoms with van der Waals surface area (Å²) in [6.45, 7) is 1.06. The molecule has 132 valence electrons. The van der Waals surface area contributed by atoms with Crippen molar-refractivity contribution >= 4 is 11.7 Å². The van der Waals surface area contributed by atoms with Crippen molar-refractivity contribution in [2.75, 3.05) is 25.5 Å². The summed E-state index contributed by atoms with van der Waals surface area (Å²) in [5.41, 5.74) is 0.495. The zero-order valence-electron chi connectivity index (χ0n) is 14.0. The molecule has 0 unspecified atom stereocenters. The van der Waals surface area contributed by atoms with Crippen LogP contribution in [0.2, 0.25) is 0 Å². The number of benzene rings is 1. The van der Waals surface area contributed by atoms with Crippen LogP contribution in [0.15, 0.2) is 42.6 Å². The number of aromatic nitrogens is 1. The number of carbonyl (C=O) groups excluding carboxylic acids is 1. The topological polar surface area (TPSA) is 83.9 Å². The van der Waals surface area contributed by atoms with E-state index in [-0.39, 0.29) is 12.1 Å². The van der Waals surface area contributed by atoms with Gasteiger partial charge in [0.05, 0.1) is 13.2 Å². The Balaban J connectivity index is 1.68. The van der Waals surface area contributed by atoms with Gasteiger partial charge in [0.2, 0.25) is 5.88 Å². The van der Waals surface area contributed by atoms with Gasteiger partial charge in [-0.2, -0.15) is 0 Å². The van der Waals surface area contributed by atoms with Gasteiger partial charge in [0, 0.05) is 19.3 Å². The first-order valence-corrected chi connectivity index (χ1v) is 8.16. The van der Waals surface area contributed by atoms with E-state index in [0.29, 0.717) is 43.2 Å². The standard InChI is InChI=1S/C18H21N3O4/c1-24-14-4-6-15(7-5-14)25-17-16(3-2-10-19-17)20-18(23)21-11-8-13(22)9-12-21/h2-7,10,13,22H,8-9,11-12H2,1H3,(H,20,23). The van der Waals surface area contributed by atoms with E-state index in [9.17, 15) is 9.90 Å². The number of rotatable bonds is 4. The molecular weight excluding hydrogens is 322 g/mol. The van der Waals surface area contributed by atoms with Crippen LogP contribution in [0.5, 0.6) is 17.4 Å². The lowest BCUT2D eigenvalue weighted by molar-refractivity contribution is 0.0972. The van der Waals surface area contributed by atoms with Crippen LogP contribution >= 0.6 is 0 Å². The number of amides is 2. The normalized spacial score (nSPS) is 14.9. The molecule has 1 aromatic heterocycles. The number of carbonyl (C=O) groups is 1. The van der Waals surface area contributed by atoms with Crippen molar-refractivity contribution in [3.8, 4) is 17.4 Å². The fourth-order valence-corrected chi connectivity index (χ4v) is 2.59. The quantitative estimate of drug-likeness (QED) is 0.892. The summed E-state index contributed by atoms with van der Waals surface area (Å²) in [6, 6.07) is 10.4. The summed E-state index contributed by atoms with van der Waals surface area (Å²) in [4.78, 5) is 18.3. The number of urea groups is 1. The molecule has 2 N–H and O–H groups in total. The molecule has 7 nitrogen and oxygen atoms in total. The Hall–Kier alpha value is -2.80. The lowest BCUT2D eigenvalue weighted by Gasteiger charge is -2.29. The first-order valence-electron chi connectivity index (χ1n) is 8.16. The van der Waals surface area contributed by atoms with Crippen LogP contribution in [-0.2, 0) is 0 Å². The van der Waals surface area contributed by atoms with E-state index in [1.165, 1.54) is 0 Å². The molecule has 0 aliphatic carbocycles. The van der Waals surface area contributed by atoms with Gasteiger partial charge in [-0.05, 0) is 49.2 Å². The molecule has 1 fully saturated rings. The molecule has 1 saturated heterocycles. The van der Waals surface area contributed by atoms with Crippen LogP contribution in [0.4, 0.5) is 10.5 Å². The van der Waals surface area contributed by atoms with E-state index in [1.54, 1.807) is 54.6 Å². The Kier molecular flexibility index (Phi) is 5.35. The first kappa shape index (κ1) is 17.0. The predicted molar refractivity (Wildman–Crippen MR) is 93.1 cm³/mol. The molecular formula is C18H21N3O4. The Bertz CT molecular complexity index is 713. The monoisotopic (exact) mass is 343 g/mol. The minimum Gasteiger partial charge on any atom is -0.497 e. The number of hydrogen-bond acceptors (Lipinski definition) is 5.